The molecule has 0 amide bonds. The lowest BCUT2D eigenvalue weighted by atomic mass is 10.1. The van der Waals surface area contributed by atoms with E-state index in [9.17, 15) is 4.79 Å². The van der Waals surface area contributed by atoms with E-state index in [0.29, 0.717) is 11.3 Å². The van der Waals surface area contributed by atoms with Gasteiger partial charge in [-0.25, -0.2) is 0 Å². The second-order valence-electron chi connectivity index (χ2n) is 5.15. The fourth-order valence-corrected chi connectivity index (χ4v) is 3.95. The zero-order chi connectivity index (χ0) is 13.9. The summed E-state index contributed by atoms with van der Waals surface area (Å²) in [7, 11) is 1.61. The maximum Gasteiger partial charge on any atom is 0.206 e. The van der Waals surface area contributed by atoms with Gasteiger partial charge in [0.15, 0.2) is 0 Å². The Kier molecular flexibility index (Phi) is 3.88. The van der Waals surface area contributed by atoms with Gasteiger partial charge in [-0.1, -0.05) is 18.6 Å². The Labute approximate surface area is 123 Å². The van der Waals surface area contributed by atoms with Crippen LogP contribution in [0.25, 0.3) is 0 Å². The summed E-state index contributed by atoms with van der Waals surface area (Å²) in [5.74, 6) is 0.738. The molecule has 0 N–H and O–H groups in total. The summed E-state index contributed by atoms with van der Waals surface area (Å²) in [6.07, 6.45) is 6.03. The third-order valence-electron chi connectivity index (χ3n) is 3.82. The van der Waals surface area contributed by atoms with Crippen LogP contribution in [0.1, 0.15) is 44.9 Å². The van der Waals surface area contributed by atoms with Crippen molar-refractivity contribution in [3.63, 3.8) is 0 Å². The molecule has 3 rings (SSSR count). The molecule has 0 aliphatic heterocycles. The van der Waals surface area contributed by atoms with E-state index in [2.05, 4.69) is 6.07 Å². The molecule has 0 saturated heterocycles. The number of rotatable bonds is 3. The highest BCUT2D eigenvalue weighted by molar-refractivity contribution is 7.14. The van der Waals surface area contributed by atoms with Crippen molar-refractivity contribution in [2.75, 3.05) is 7.11 Å². The van der Waals surface area contributed by atoms with Crippen molar-refractivity contribution in [3.05, 3.63) is 51.2 Å². The molecular weight excluding hydrogens is 268 g/mol. The van der Waals surface area contributed by atoms with E-state index < -0.39 is 0 Å². The van der Waals surface area contributed by atoms with E-state index in [-0.39, 0.29) is 5.78 Å². The largest absolute Gasteiger partial charge is 0.496 e. The molecule has 2 aromatic rings. The number of benzene rings is 1. The van der Waals surface area contributed by atoms with Crippen LogP contribution in [-0.2, 0) is 12.8 Å². The highest BCUT2D eigenvalue weighted by Gasteiger charge is 2.19. The number of ketones is 1. The number of carbonyl (C=O) groups is 1. The van der Waals surface area contributed by atoms with Gasteiger partial charge in [0.25, 0.3) is 0 Å². The number of aryl methyl sites for hydroxylation is 2. The fraction of sp³-hybridized carbons (Fsp3) is 0.353. The predicted octanol–water partition coefficient (Wildman–Crippen LogP) is 4.26. The van der Waals surface area contributed by atoms with Crippen LogP contribution in [0.4, 0.5) is 0 Å². The van der Waals surface area contributed by atoms with Crippen molar-refractivity contribution >= 4 is 17.1 Å². The van der Waals surface area contributed by atoms with Gasteiger partial charge in [-0.2, -0.15) is 0 Å². The average Bonchev–Trinajstić information content (AvgIpc) is 2.77. The van der Waals surface area contributed by atoms with Gasteiger partial charge < -0.3 is 4.74 Å². The molecule has 0 saturated carbocycles. The van der Waals surface area contributed by atoms with Crippen LogP contribution < -0.4 is 4.74 Å². The van der Waals surface area contributed by atoms with Crippen molar-refractivity contribution in [2.24, 2.45) is 0 Å². The number of methoxy groups -OCH3 is 1. The van der Waals surface area contributed by atoms with Crippen molar-refractivity contribution in [1.29, 1.82) is 0 Å². The quantitative estimate of drug-likeness (QED) is 0.622. The molecule has 104 valence electrons. The smallest absolute Gasteiger partial charge is 0.206 e. The van der Waals surface area contributed by atoms with Crippen molar-refractivity contribution in [2.45, 2.75) is 32.1 Å². The van der Waals surface area contributed by atoms with Crippen molar-refractivity contribution in [1.82, 2.24) is 0 Å². The summed E-state index contributed by atoms with van der Waals surface area (Å²) in [4.78, 5) is 14.9. The maximum atomic E-state index is 12.7. The number of fused-ring (bicyclic) bond motifs is 1. The lowest BCUT2D eigenvalue weighted by Crippen LogP contribution is -2.01. The molecule has 0 spiro atoms. The van der Waals surface area contributed by atoms with Crippen LogP contribution in [-0.4, -0.2) is 12.9 Å². The molecule has 0 bridgehead atoms. The molecule has 1 aromatic heterocycles. The Hall–Kier alpha value is -1.61. The molecule has 20 heavy (non-hydrogen) atoms. The number of carbonyl (C=O) groups excluding carboxylic acids is 1. The first kappa shape index (κ1) is 13.4. The van der Waals surface area contributed by atoms with Crippen LogP contribution in [0.2, 0.25) is 0 Å². The monoisotopic (exact) mass is 286 g/mol. The minimum atomic E-state index is 0.0838. The van der Waals surface area contributed by atoms with Crippen LogP contribution in [0.5, 0.6) is 5.75 Å². The van der Waals surface area contributed by atoms with Gasteiger partial charge in [-0.05, 0) is 49.4 Å². The van der Waals surface area contributed by atoms with Gasteiger partial charge in [-0.15, -0.1) is 11.3 Å². The zero-order valence-electron chi connectivity index (χ0n) is 11.6. The fourth-order valence-electron chi connectivity index (χ4n) is 2.74. The topological polar surface area (TPSA) is 26.3 Å². The minimum absolute atomic E-state index is 0.0838. The SMILES string of the molecule is COc1ccccc1C(=O)c1cc2c(s1)CCCCC2. The van der Waals surface area contributed by atoms with E-state index in [0.717, 1.165) is 17.7 Å². The van der Waals surface area contributed by atoms with Gasteiger partial charge in [0.1, 0.15) is 5.75 Å². The van der Waals surface area contributed by atoms with E-state index in [4.69, 9.17) is 4.74 Å². The lowest BCUT2D eigenvalue weighted by Gasteiger charge is -2.05. The molecule has 1 aliphatic rings. The van der Waals surface area contributed by atoms with Gasteiger partial charge >= 0.3 is 0 Å². The van der Waals surface area contributed by atoms with Gasteiger partial charge in [0, 0.05) is 4.88 Å². The Balaban J connectivity index is 1.95. The van der Waals surface area contributed by atoms with E-state index in [1.165, 1.54) is 29.7 Å². The summed E-state index contributed by atoms with van der Waals surface area (Å²) in [6.45, 7) is 0. The second-order valence-corrected chi connectivity index (χ2v) is 6.29. The first-order valence-corrected chi connectivity index (χ1v) is 7.90. The summed E-state index contributed by atoms with van der Waals surface area (Å²) in [5.41, 5.74) is 2.04. The summed E-state index contributed by atoms with van der Waals surface area (Å²) < 4.78 is 5.29. The Morgan fingerprint density at radius 1 is 1.15 bits per heavy atom. The average molecular weight is 286 g/mol. The van der Waals surface area contributed by atoms with E-state index in [1.54, 1.807) is 18.4 Å². The summed E-state index contributed by atoms with van der Waals surface area (Å²) in [5, 5.41) is 0. The Morgan fingerprint density at radius 3 is 2.80 bits per heavy atom. The second kappa shape index (κ2) is 5.80. The molecule has 0 unspecified atom stereocenters. The number of thiophene rings is 1. The molecule has 0 atom stereocenters. The third kappa shape index (κ3) is 2.50. The number of ether oxygens (including phenoxy) is 1. The first-order chi connectivity index (χ1) is 9.79. The lowest BCUT2D eigenvalue weighted by molar-refractivity contribution is 0.103. The summed E-state index contributed by atoms with van der Waals surface area (Å²) >= 11 is 1.67. The van der Waals surface area contributed by atoms with Crippen LogP contribution >= 0.6 is 11.3 Å². The van der Waals surface area contributed by atoms with Crippen LogP contribution in [0.15, 0.2) is 30.3 Å². The minimum Gasteiger partial charge on any atom is -0.496 e. The highest BCUT2D eigenvalue weighted by atomic mass is 32.1. The number of para-hydroxylation sites is 1. The molecule has 3 heteroatoms. The summed E-state index contributed by atoms with van der Waals surface area (Å²) in [6, 6.07) is 9.55. The molecule has 0 fully saturated rings. The molecule has 2 nitrogen and oxygen atoms in total. The van der Waals surface area contributed by atoms with Gasteiger partial charge in [-0.3, -0.25) is 4.79 Å². The number of hydrogen-bond donors (Lipinski definition) is 0. The molecular formula is C17H18O2S. The van der Waals surface area contributed by atoms with Crippen LogP contribution in [0, 0.1) is 0 Å². The normalized spacial score (nSPS) is 14.4. The van der Waals surface area contributed by atoms with E-state index in [1.807, 2.05) is 24.3 Å². The molecule has 1 aromatic carbocycles. The Morgan fingerprint density at radius 2 is 1.95 bits per heavy atom. The predicted molar refractivity (Wildman–Crippen MR) is 82.0 cm³/mol. The molecule has 0 radical (unpaired) electrons. The Bertz CT molecular complexity index is 604. The highest BCUT2D eigenvalue weighted by Crippen LogP contribution is 2.31. The van der Waals surface area contributed by atoms with Crippen molar-refractivity contribution in [3.8, 4) is 5.75 Å². The van der Waals surface area contributed by atoms with Gasteiger partial charge in [0.05, 0.1) is 17.6 Å². The number of hydrogen-bond acceptors (Lipinski definition) is 3. The zero-order valence-corrected chi connectivity index (χ0v) is 12.5. The standard InChI is InChI=1S/C17H18O2S/c1-19-14-9-6-5-8-13(14)17(18)16-11-12-7-3-2-4-10-15(12)20-16/h5-6,8-9,11H,2-4,7,10H2,1H3. The first-order valence-electron chi connectivity index (χ1n) is 7.09. The molecule has 1 aliphatic carbocycles. The maximum absolute atomic E-state index is 12.7. The van der Waals surface area contributed by atoms with Gasteiger partial charge in [0.2, 0.25) is 5.78 Å². The third-order valence-corrected chi connectivity index (χ3v) is 5.06. The van der Waals surface area contributed by atoms with E-state index >= 15 is 0 Å². The van der Waals surface area contributed by atoms with Crippen molar-refractivity contribution < 1.29 is 9.53 Å². The molecule has 1 heterocycles. The van der Waals surface area contributed by atoms with Crippen LogP contribution in [0.3, 0.4) is 0 Å².